The number of rotatable bonds is 3. The third-order valence-corrected chi connectivity index (χ3v) is 0.778. The van der Waals surface area contributed by atoms with Crippen LogP contribution in [0.15, 0.2) is 0 Å². The van der Waals surface area contributed by atoms with Crippen molar-refractivity contribution in [2.45, 2.75) is 31.8 Å². The fourth-order valence-electron chi connectivity index (χ4n) is 0.426. The lowest BCUT2D eigenvalue weighted by molar-refractivity contribution is 0.159. The molecule has 3 heteroatoms. The van der Waals surface area contributed by atoms with Crippen LogP contribution in [0.3, 0.4) is 0 Å². The summed E-state index contributed by atoms with van der Waals surface area (Å²) in [4.78, 5) is 0. The standard InChI is InChI=1S/C6H14FNO/c1-6(2,7)3-5(8)4-9/h5,9H,3-4,8H2,1-2H3/t5-/m0/s1/i1D3,2D3. The molecule has 0 aliphatic heterocycles. The summed E-state index contributed by atoms with van der Waals surface area (Å²) in [6, 6.07) is -1.21. The Morgan fingerprint density at radius 1 is 1.89 bits per heavy atom. The highest BCUT2D eigenvalue weighted by Crippen LogP contribution is 2.14. The van der Waals surface area contributed by atoms with Crippen LogP contribution in [0.1, 0.15) is 28.3 Å². The quantitative estimate of drug-likeness (QED) is 0.599. The summed E-state index contributed by atoms with van der Waals surface area (Å²) in [6.07, 6.45) is -0.934. The summed E-state index contributed by atoms with van der Waals surface area (Å²) >= 11 is 0. The van der Waals surface area contributed by atoms with E-state index in [1.54, 1.807) is 0 Å². The second kappa shape index (κ2) is 3.13. The molecular weight excluding hydrogens is 121 g/mol. The number of halogens is 1. The van der Waals surface area contributed by atoms with Gasteiger partial charge in [0.1, 0.15) is 5.67 Å². The maximum atomic E-state index is 13.9. The Labute approximate surface area is 63.3 Å². The number of hydrogen-bond donors (Lipinski definition) is 2. The van der Waals surface area contributed by atoms with Crippen LogP contribution in [-0.2, 0) is 0 Å². The van der Waals surface area contributed by atoms with Gasteiger partial charge in [0.05, 0.1) is 6.61 Å². The Morgan fingerprint density at radius 3 is 2.78 bits per heavy atom. The predicted octanol–water partition coefficient (Wildman–Crippen LogP) is 0.444. The van der Waals surface area contributed by atoms with Crippen LogP contribution >= 0.6 is 0 Å². The zero-order chi connectivity index (χ0) is 12.5. The monoisotopic (exact) mass is 141 g/mol. The van der Waals surface area contributed by atoms with E-state index >= 15 is 0 Å². The number of hydrogen-bond acceptors (Lipinski definition) is 2. The van der Waals surface area contributed by atoms with Crippen LogP contribution in [0.5, 0.6) is 0 Å². The van der Waals surface area contributed by atoms with Gasteiger partial charge >= 0.3 is 0 Å². The second-order valence-corrected chi connectivity index (χ2v) is 1.95. The van der Waals surface area contributed by atoms with E-state index in [4.69, 9.17) is 19.1 Å². The van der Waals surface area contributed by atoms with E-state index in [9.17, 15) is 4.39 Å². The molecule has 0 bridgehead atoms. The van der Waals surface area contributed by atoms with Gasteiger partial charge in [-0.25, -0.2) is 4.39 Å². The highest BCUT2D eigenvalue weighted by atomic mass is 19.1. The number of aliphatic hydroxyl groups excluding tert-OH is 1. The summed E-state index contributed by atoms with van der Waals surface area (Å²) in [5, 5.41) is 8.57. The summed E-state index contributed by atoms with van der Waals surface area (Å²) in [5.41, 5.74) is 1.78. The van der Waals surface area contributed by atoms with Crippen molar-refractivity contribution in [3.05, 3.63) is 0 Å². The Morgan fingerprint density at radius 2 is 2.44 bits per heavy atom. The van der Waals surface area contributed by atoms with E-state index in [-0.39, 0.29) is 0 Å². The van der Waals surface area contributed by atoms with Crippen molar-refractivity contribution in [1.29, 1.82) is 0 Å². The van der Waals surface area contributed by atoms with Gasteiger partial charge in [0.25, 0.3) is 0 Å². The largest absolute Gasteiger partial charge is 0.395 e. The lowest BCUT2D eigenvalue weighted by atomic mass is 10.0. The topological polar surface area (TPSA) is 46.2 Å². The molecule has 0 aliphatic rings. The molecule has 9 heavy (non-hydrogen) atoms. The lowest BCUT2D eigenvalue weighted by Crippen LogP contribution is -2.31. The molecule has 2 nitrogen and oxygen atoms in total. The zero-order valence-electron chi connectivity index (χ0n) is 10.9. The van der Waals surface area contributed by atoms with Gasteiger partial charge in [-0.2, -0.15) is 0 Å². The van der Waals surface area contributed by atoms with Crippen LogP contribution < -0.4 is 5.73 Å². The van der Waals surface area contributed by atoms with E-state index in [2.05, 4.69) is 0 Å². The number of aliphatic hydroxyl groups is 1. The first-order valence-electron chi connectivity index (χ1n) is 5.51. The van der Waals surface area contributed by atoms with Gasteiger partial charge in [0, 0.05) is 14.3 Å². The molecule has 0 aliphatic carbocycles. The Hall–Kier alpha value is -0.150. The zero-order valence-corrected chi connectivity index (χ0v) is 4.89. The van der Waals surface area contributed by atoms with Gasteiger partial charge in [-0.05, 0) is 20.1 Å². The Balaban J connectivity index is 5.06. The minimum Gasteiger partial charge on any atom is -0.395 e. The molecule has 0 spiro atoms. The van der Waals surface area contributed by atoms with Gasteiger partial charge < -0.3 is 10.8 Å². The van der Waals surface area contributed by atoms with Crippen LogP contribution in [0, 0.1) is 0 Å². The first-order chi connectivity index (χ1) is 6.45. The van der Waals surface area contributed by atoms with Gasteiger partial charge in [-0.3, -0.25) is 0 Å². The van der Waals surface area contributed by atoms with E-state index in [0.29, 0.717) is 0 Å². The molecule has 0 heterocycles. The number of nitrogens with two attached hydrogens (primary N) is 1. The van der Waals surface area contributed by atoms with E-state index in [0.717, 1.165) is 0 Å². The highest BCUT2D eigenvalue weighted by Gasteiger charge is 2.18. The van der Waals surface area contributed by atoms with Gasteiger partial charge in [0.2, 0.25) is 0 Å². The summed E-state index contributed by atoms with van der Waals surface area (Å²) in [7, 11) is 0. The van der Waals surface area contributed by atoms with Crippen LogP contribution in [0.2, 0.25) is 0 Å². The number of alkyl halides is 1. The highest BCUT2D eigenvalue weighted by molar-refractivity contribution is 4.73. The summed E-state index contributed by atoms with van der Waals surface area (Å²) in [6.45, 7) is -7.27. The molecule has 0 aromatic heterocycles. The Bertz CT molecular complexity index is 201. The average molecular weight is 141 g/mol. The molecule has 0 unspecified atom stereocenters. The van der Waals surface area contributed by atoms with Gasteiger partial charge in [-0.15, -0.1) is 0 Å². The molecule has 0 saturated carbocycles. The van der Waals surface area contributed by atoms with Gasteiger partial charge in [-0.1, -0.05) is 0 Å². The Kier molecular flexibility index (Phi) is 0.988. The fourth-order valence-corrected chi connectivity index (χ4v) is 0.426. The molecule has 0 aromatic carbocycles. The normalized spacial score (nSPS) is 28.3. The van der Waals surface area contributed by atoms with Crippen molar-refractivity contribution in [2.24, 2.45) is 5.73 Å². The van der Waals surface area contributed by atoms with E-state index < -0.39 is 38.4 Å². The molecular formula is C6H14FNO. The molecule has 0 rings (SSSR count). The van der Waals surface area contributed by atoms with Crippen LogP contribution in [-0.4, -0.2) is 23.4 Å². The lowest BCUT2D eigenvalue weighted by Gasteiger charge is -2.17. The van der Waals surface area contributed by atoms with Crippen LogP contribution in [0.25, 0.3) is 0 Å². The first-order valence-corrected chi connectivity index (χ1v) is 2.51. The van der Waals surface area contributed by atoms with Crippen molar-refractivity contribution < 1.29 is 17.7 Å². The van der Waals surface area contributed by atoms with Crippen molar-refractivity contribution in [3.8, 4) is 0 Å². The third kappa shape index (κ3) is 5.73. The van der Waals surface area contributed by atoms with Crippen molar-refractivity contribution >= 4 is 0 Å². The summed E-state index contributed by atoms with van der Waals surface area (Å²) < 4.78 is 55.2. The molecule has 0 saturated heterocycles. The molecule has 0 fully saturated rings. The maximum Gasteiger partial charge on any atom is 0.107 e. The first kappa shape index (κ1) is 2.84. The minimum atomic E-state index is -3.39. The molecule has 3 N–H and O–H groups in total. The minimum absolute atomic E-state index is 0.669. The fraction of sp³-hybridized carbons (Fsp3) is 1.00. The molecule has 0 aromatic rings. The average Bonchev–Trinajstić information content (AvgIpc) is 1.99. The van der Waals surface area contributed by atoms with E-state index in [1.165, 1.54) is 0 Å². The van der Waals surface area contributed by atoms with Crippen molar-refractivity contribution in [3.63, 3.8) is 0 Å². The molecule has 0 radical (unpaired) electrons. The second-order valence-electron chi connectivity index (χ2n) is 1.95. The smallest absolute Gasteiger partial charge is 0.107 e. The molecule has 1 atom stereocenters. The molecule has 56 valence electrons. The SMILES string of the molecule is [2H]C([2H])([2H])C(F)(C[C@H](N)CO)C([2H])([2H])[2H]. The summed E-state index contributed by atoms with van der Waals surface area (Å²) in [5.74, 6) is 0. The predicted molar refractivity (Wildman–Crippen MR) is 34.9 cm³/mol. The maximum absolute atomic E-state index is 13.9. The molecule has 0 amide bonds. The van der Waals surface area contributed by atoms with E-state index in [1.807, 2.05) is 0 Å². The van der Waals surface area contributed by atoms with Crippen LogP contribution in [0.4, 0.5) is 4.39 Å². The van der Waals surface area contributed by atoms with Crippen molar-refractivity contribution in [2.75, 3.05) is 6.61 Å². The van der Waals surface area contributed by atoms with Crippen molar-refractivity contribution in [1.82, 2.24) is 0 Å². The van der Waals surface area contributed by atoms with Gasteiger partial charge in [0.15, 0.2) is 0 Å². The third-order valence-electron chi connectivity index (χ3n) is 0.778.